The summed E-state index contributed by atoms with van der Waals surface area (Å²) in [6.07, 6.45) is 12.7. The van der Waals surface area contributed by atoms with Gasteiger partial charge in [0.1, 0.15) is 0 Å². The van der Waals surface area contributed by atoms with Gasteiger partial charge in [-0.3, -0.25) is 0 Å². The summed E-state index contributed by atoms with van der Waals surface area (Å²) in [5.74, 6) is 0. The third-order valence-corrected chi connectivity index (χ3v) is 35.9. The molecule has 2 aliphatic carbocycles. The van der Waals surface area contributed by atoms with Crippen molar-refractivity contribution >= 4 is 43.8 Å². The largest absolute Gasteiger partial charge is 0.147 e. The molecule has 2 atom stereocenters. The fraction of sp³-hybridized carbons (Fsp3) is 0.333. The molecule has 0 fully saturated rings. The van der Waals surface area contributed by atoms with Gasteiger partial charge in [0.05, 0.1) is 0 Å². The first-order valence-corrected chi connectivity index (χ1v) is 22.4. The Morgan fingerprint density at radius 3 is 1.50 bits per heavy atom. The summed E-state index contributed by atoms with van der Waals surface area (Å²) in [5, 5.41) is 0. The summed E-state index contributed by atoms with van der Waals surface area (Å²) in [7, 11) is 0. The Morgan fingerprint density at radius 2 is 1.11 bits per heavy atom. The van der Waals surface area contributed by atoms with Crippen LogP contribution in [0.3, 0.4) is 0 Å². The van der Waals surface area contributed by atoms with Crippen LogP contribution in [0.4, 0.5) is 0 Å². The van der Waals surface area contributed by atoms with Crippen LogP contribution in [0.1, 0.15) is 56.2 Å². The standard InChI is InChI=1S/2C9H7.2C3H7.2ClH.H2Si.Zr/c2*1-2-5-9-7-3-6-8(9)4-1;2*1-3-2;;;;/h2*1-7H;2*1,3H2,2H3;2*1H;1H2;. The first-order chi connectivity index (χ1) is 12.6. The molecule has 4 heteroatoms. The number of benzene rings is 2. The van der Waals surface area contributed by atoms with Gasteiger partial charge < -0.3 is 0 Å². The predicted octanol–water partition coefficient (Wildman–Crippen LogP) is 7.26. The van der Waals surface area contributed by atoms with Gasteiger partial charge in [-0.1, -0.05) is 0 Å². The summed E-state index contributed by atoms with van der Waals surface area (Å²) in [6, 6.07) is 18.3. The van der Waals surface area contributed by atoms with Crippen molar-refractivity contribution in [2.75, 3.05) is 0 Å². The molecule has 0 amide bonds. The molecular weight excluding hydrogens is 478 g/mol. The van der Waals surface area contributed by atoms with Crippen molar-refractivity contribution in [2.45, 2.75) is 42.2 Å². The third-order valence-electron chi connectivity index (χ3n) is 7.06. The molecule has 0 aliphatic heterocycles. The second-order valence-electron chi connectivity index (χ2n) is 8.57. The van der Waals surface area contributed by atoms with Crippen LogP contribution < -0.4 is 0 Å². The van der Waals surface area contributed by atoms with Gasteiger partial charge in [0.2, 0.25) is 0 Å². The molecule has 28 heavy (non-hydrogen) atoms. The Kier molecular flexibility index (Phi) is 7.82. The minimum Gasteiger partial charge on any atom is -0.147 e. The average molecular weight is 511 g/mol. The molecule has 0 bridgehead atoms. The summed E-state index contributed by atoms with van der Waals surface area (Å²) in [4.78, 5) is 0. The topological polar surface area (TPSA) is 0 Å². The van der Waals surface area contributed by atoms with E-state index in [1.807, 2.05) is 0 Å². The zero-order valence-corrected chi connectivity index (χ0v) is 22.4. The molecule has 0 nitrogen and oxygen atoms in total. The molecule has 0 radical (unpaired) electrons. The number of allylic oxidation sites excluding steroid dienone is 2. The van der Waals surface area contributed by atoms with E-state index in [1.54, 1.807) is 11.1 Å². The van der Waals surface area contributed by atoms with Gasteiger partial charge in [-0.25, -0.2) is 0 Å². The zero-order valence-electron chi connectivity index (χ0n) is 16.9. The maximum absolute atomic E-state index is 3.24. The van der Waals surface area contributed by atoms with E-state index in [2.05, 4.69) is 93.6 Å². The molecule has 2 unspecified atom stereocenters. The second-order valence-corrected chi connectivity index (χ2v) is 35.4. The van der Waals surface area contributed by atoms with E-state index in [0.717, 1.165) is 0 Å². The smallest absolute Gasteiger partial charge is 0.147 e. The monoisotopic (exact) mass is 508 g/mol. The quantitative estimate of drug-likeness (QED) is 0.359. The number of hydrogen-bond acceptors (Lipinski definition) is 0. The molecule has 2 aromatic carbocycles. The van der Waals surface area contributed by atoms with Crippen LogP contribution in [0.25, 0.3) is 12.2 Å². The summed E-state index contributed by atoms with van der Waals surface area (Å²) < 4.78 is 4.29. The minimum atomic E-state index is -3.24. The van der Waals surface area contributed by atoms with Crippen molar-refractivity contribution in [3.05, 3.63) is 82.9 Å². The molecule has 0 aromatic heterocycles. The maximum Gasteiger partial charge on any atom is -0.147 e. The van der Waals surface area contributed by atoms with Crippen molar-refractivity contribution in [1.29, 1.82) is 0 Å². The van der Waals surface area contributed by atoms with Gasteiger partial charge in [0, 0.05) is 0 Å². The van der Waals surface area contributed by atoms with E-state index in [9.17, 15) is 0 Å². The van der Waals surface area contributed by atoms with Crippen LogP contribution in [-0.4, -0.2) is 6.88 Å². The maximum atomic E-state index is 2.60. The molecule has 0 spiro atoms. The Balaban J connectivity index is 0.00000140. The van der Waals surface area contributed by atoms with Gasteiger partial charge in [0.25, 0.3) is 0 Å². The summed E-state index contributed by atoms with van der Waals surface area (Å²) >= 11 is -3.24. The van der Waals surface area contributed by atoms with Crippen LogP contribution in [0.15, 0.2) is 60.7 Å². The van der Waals surface area contributed by atoms with E-state index < -0.39 is 17.4 Å². The normalized spacial score (nSPS) is 19.5. The van der Waals surface area contributed by atoms with Crippen molar-refractivity contribution < 1.29 is 17.4 Å². The van der Waals surface area contributed by atoms with Gasteiger partial charge in [-0.15, -0.1) is 24.8 Å². The molecule has 0 saturated carbocycles. The molecule has 4 rings (SSSR count). The average Bonchev–Trinajstić information content (AvgIpc) is 3.27. The van der Waals surface area contributed by atoms with Gasteiger partial charge in [-0.05, 0) is 0 Å². The van der Waals surface area contributed by atoms with E-state index in [0.29, 0.717) is 7.25 Å². The first kappa shape index (κ1) is 23.9. The minimum absolute atomic E-state index is 0. The molecular formula is C24H32Cl2SiZr. The number of rotatable bonds is 6. The van der Waals surface area contributed by atoms with Crippen molar-refractivity contribution in [1.82, 2.24) is 0 Å². The SMILES string of the molecule is CC[CH2][Zr](=[SiH2])([CH2]CC)([CH]1C=Cc2ccccc21)[CH]1C=Cc2ccccc21.Cl.Cl. The van der Waals surface area contributed by atoms with E-state index in [1.165, 1.54) is 32.2 Å². The van der Waals surface area contributed by atoms with Gasteiger partial charge in [-0.2, -0.15) is 0 Å². The van der Waals surface area contributed by atoms with E-state index in [-0.39, 0.29) is 24.8 Å². The van der Waals surface area contributed by atoms with Crippen LogP contribution in [0.2, 0.25) is 8.26 Å². The van der Waals surface area contributed by atoms with Crippen LogP contribution >= 0.6 is 24.8 Å². The van der Waals surface area contributed by atoms with Crippen LogP contribution in [0, 0.1) is 0 Å². The Labute approximate surface area is 185 Å². The Bertz CT molecular complexity index is 883. The number of fused-ring (bicyclic) bond motifs is 2. The Morgan fingerprint density at radius 1 is 0.714 bits per heavy atom. The molecule has 2 aromatic rings. The van der Waals surface area contributed by atoms with Crippen LogP contribution in [0.5, 0.6) is 0 Å². The number of hydrogen-bond donors (Lipinski definition) is 0. The first-order valence-electron chi connectivity index (χ1n) is 10.2. The van der Waals surface area contributed by atoms with E-state index in [4.69, 9.17) is 0 Å². The zero-order chi connectivity index (χ0) is 18.2. The molecule has 0 saturated heterocycles. The van der Waals surface area contributed by atoms with Crippen molar-refractivity contribution in [2.24, 2.45) is 0 Å². The van der Waals surface area contributed by atoms with Gasteiger partial charge >= 0.3 is 162 Å². The van der Waals surface area contributed by atoms with E-state index >= 15 is 0 Å². The van der Waals surface area contributed by atoms with Crippen molar-refractivity contribution in [3.8, 4) is 0 Å². The fourth-order valence-corrected chi connectivity index (χ4v) is 33.9. The molecule has 0 N–H and O–H groups in total. The molecule has 2 aliphatic rings. The predicted molar refractivity (Wildman–Crippen MR) is 130 cm³/mol. The molecule has 0 heterocycles. The van der Waals surface area contributed by atoms with Crippen LogP contribution in [-0.2, 0) is 17.4 Å². The Hall–Kier alpha value is -0.400. The second kappa shape index (κ2) is 9.17. The summed E-state index contributed by atoms with van der Waals surface area (Å²) in [6.45, 7) is 7.34. The number of halogens is 2. The fourth-order valence-electron chi connectivity index (χ4n) is 6.08. The van der Waals surface area contributed by atoms with Gasteiger partial charge in [0.15, 0.2) is 0 Å². The summed E-state index contributed by atoms with van der Waals surface area (Å²) in [5.41, 5.74) is 6.17. The van der Waals surface area contributed by atoms with Crippen molar-refractivity contribution in [3.63, 3.8) is 0 Å². The third kappa shape index (κ3) is 3.60. The molecule has 150 valence electrons.